The molecule has 0 aliphatic heterocycles. The topological polar surface area (TPSA) is 24.9 Å². The molecule has 2 rings (SSSR count). The third-order valence-electron chi connectivity index (χ3n) is 2.57. The van der Waals surface area contributed by atoms with Crippen LogP contribution in [0.15, 0.2) is 48.7 Å². The van der Waals surface area contributed by atoms with Crippen molar-refractivity contribution in [3.05, 3.63) is 59.8 Å². The van der Waals surface area contributed by atoms with Crippen LogP contribution in [0.5, 0.6) is 0 Å². The Balaban J connectivity index is 1.94. The number of hydrogen-bond donors (Lipinski definition) is 1. The van der Waals surface area contributed by atoms with Gasteiger partial charge < -0.3 is 5.32 Å². The predicted octanol–water partition coefficient (Wildman–Crippen LogP) is 3.26. The van der Waals surface area contributed by atoms with Gasteiger partial charge in [-0.2, -0.15) is 0 Å². The molecule has 0 saturated carbocycles. The highest BCUT2D eigenvalue weighted by atomic mass is 15.0. The standard InChI is InChI=1S/C14H16N2/c1-2-12-6-8-13(9-7-12)11-16-14-5-3-4-10-15-14/h3-10H,2,11H2,1H3,(H,15,16). The lowest BCUT2D eigenvalue weighted by molar-refractivity contribution is 1.09. The first-order chi connectivity index (χ1) is 7.88. The van der Waals surface area contributed by atoms with Crippen LogP contribution in [0.4, 0.5) is 5.82 Å². The average Bonchev–Trinajstić information content (AvgIpc) is 2.38. The molecule has 2 heteroatoms. The van der Waals surface area contributed by atoms with Gasteiger partial charge in [0.1, 0.15) is 5.82 Å². The van der Waals surface area contributed by atoms with E-state index in [0.717, 1.165) is 18.8 Å². The lowest BCUT2D eigenvalue weighted by Gasteiger charge is -2.05. The Morgan fingerprint density at radius 1 is 1.00 bits per heavy atom. The highest BCUT2D eigenvalue weighted by Gasteiger charge is 1.94. The first kappa shape index (κ1) is 10.7. The van der Waals surface area contributed by atoms with Crippen molar-refractivity contribution < 1.29 is 0 Å². The number of nitrogens with one attached hydrogen (secondary N) is 1. The molecule has 1 aromatic heterocycles. The fourth-order valence-electron chi connectivity index (χ4n) is 1.55. The molecule has 0 amide bonds. The third kappa shape index (κ3) is 2.83. The van der Waals surface area contributed by atoms with E-state index in [0.29, 0.717) is 0 Å². The smallest absolute Gasteiger partial charge is 0.126 e. The summed E-state index contributed by atoms with van der Waals surface area (Å²) in [6, 6.07) is 14.5. The van der Waals surface area contributed by atoms with Crippen molar-refractivity contribution in [2.45, 2.75) is 19.9 Å². The summed E-state index contributed by atoms with van der Waals surface area (Å²) in [5, 5.41) is 3.29. The fraction of sp³-hybridized carbons (Fsp3) is 0.214. The number of rotatable bonds is 4. The van der Waals surface area contributed by atoms with Gasteiger partial charge in [0.05, 0.1) is 0 Å². The molecule has 0 aliphatic carbocycles. The van der Waals surface area contributed by atoms with E-state index >= 15 is 0 Å². The summed E-state index contributed by atoms with van der Waals surface area (Å²) in [7, 11) is 0. The van der Waals surface area contributed by atoms with Gasteiger partial charge in [0.25, 0.3) is 0 Å². The zero-order valence-corrected chi connectivity index (χ0v) is 9.48. The Bertz CT molecular complexity index is 420. The molecule has 16 heavy (non-hydrogen) atoms. The van der Waals surface area contributed by atoms with Crippen LogP contribution in [0.1, 0.15) is 18.1 Å². The van der Waals surface area contributed by atoms with Crippen molar-refractivity contribution in [3.63, 3.8) is 0 Å². The molecule has 1 N–H and O–H groups in total. The second kappa shape index (κ2) is 5.31. The molecule has 2 aromatic rings. The highest BCUT2D eigenvalue weighted by molar-refractivity contribution is 5.35. The minimum Gasteiger partial charge on any atom is -0.366 e. The molecule has 0 spiro atoms. The van der Waals surface area contributed by atoms with Crippen LogP contribution in [0.25, 0.3) is 0 Å². The van der Waals surface area contributed by atoms with Gasteiger partial charge in [-0.3, -0.25) is 0 Å². The Morgan fingerprint density at radius 3 is 2.38 bits per heavy atom. The summed E-state index contributed by atoms with van der Waals surface area (Å²) in [4.78, 5) is 4.22. The predicted molar refractivity (Wildman–Crippen MR) is 67.4 cm³/mol. The summed E-state index contributed by atoms with van der Waals surface area (Å²) in [5.41, 5.74) is 2.66. The van der Waals surface area contributed by atoms with Gasteiger partial charge >= 0.3 is 0 Å². The number of aromatic nitrogens is 1. The van der Waals surface area contributed by atoms with Crippen molar-refractivity contribution in [3.8, 4) is 0 Å². The molecule has 1 aromatic carbocycles. The van der Waals surface area contributed by atoms with Gasteiger partial charge in [-0.1, -0.05) is 37.3 Å². The minimum atomic E-state index is 0.820. The van der Waals surface area contributed by atoms with E-state index in [2.05, 4.69) is 41.5 Å². The van der Waals surface area contributed by atoms with E-state index in [1.165, 1.54) is 11.1 Å². The van der Waals surface area contributed by atoms with Gasteiger partial charge in [-0.05, 0) is 29.7 Å². The molecule has 1 heterocycles. The summed E-state index contributed by atoms with van der Waals surface area (Å²) >= 11 is 0. The van der Waals surface area contributed by atoms with Gasteiger partial charge in [-0.25, -0.2) is 4.98 Å². The lowest BCUT2D eigenvalue weighted by atomic mass is 10.1. The van der Waals surface area contributed by atoms with Gasteiger partial charge in [0.15, 0.2) is 0 Å². The Hall–Kier alpha value is -1.83. The number of pyridine rings is 1. The van der Waals surface area contributed by atoms with E-state index in [-0.39, 0.29) is 0 Å². The molecule has 82 valence electrons. The summed E-state index contributed by atoms with van der Waals surface area (Å²) in [6.45, 7) is 2.99. The Morgan fingerprint density at radius 2 is 1.75 bits per heavy atom. The Kier molecular flexibility index (Phi) is 3.54. The molecule has 0 unspecified atom stereocenters. The van der Waals surface area contributed by atoms with Crippen LogP contribution in [0.3, 0.4) is 0 Å². The maximum Gasteiger partial charge on any atom is 0.126 e. The molecule has 0 saturated heterocycles. The van der Waals surface area contributed by atoms with Crippen LogP contribution in [-0.2, 0) is 13.0 Å². The molecule has 2 nitrogen and oxygen atoms in total. The van der Waals surface area contributed by atoms with E-state index in [9.17, 15) is 0 Å². The van der Waals surface area contributed by atoms with E-state index in [1.807, 2.05) is 18.2 Å². The number of hydrogen-bond acceptors (Lipinski definition) is 2. The molecule has 0 atom stereocenters. The lowest BCUT2D eigenvalue weighted by Crippen LogP contribution is -2.00. The maximum atomic E-state index is 4.22. The van der Waals surface area contributed by atoms with E-state index in [1.54, 1.807) is 6.20 Å². The second-order valence-electron chi connectivity index (χ2n) is 3.74. The zero-order valence-electron chi connectivity index (χ0n) is 9.48. The zero-order chi connectivity index (χ0) is 11.2. The minimum absolute atomic E-state index is 0.820. The van der Waals surface area contributed by atoms with Crippen LogP contribution >= 0.6 is 0 Å². The molecular weight excluding hydrogens is 196 g/mol. The van der Waals surface area contributed by atoms with Crippen LogP contribution in [-0.4, -0.2) is 4.98 Å². The molecule has 0 bridgehead atoms. The van der Waals surface area contributed by atoms with Crippen LogP contribution in [0, 0.1) is 0 Å². The first-order valence-electron chi connectivity index (χ1n) is 5.61. The summed E-state index contributed by atoms with van der Waals surface area (Å²) in [5.74, 6) is 0.919. The molecular formula is C14H16N2. The van der Waals surface area contributed by atoms with Crippen LogP contribution in [0.2, 0.25) is 0 Å². The van der Waals surface area contributed by atoms with Crippen LogP contribution < -0.4 is 5.32 Å². The van der Waals surface area contributed by atoms with Gasteiger partial charge in [0, 0.05) is 12.7 Å². The average molecular weight is 212 g/mol. The summed E-state index contributed by atoms with van der Waals surface area (Å²) < 4.78 is 0. The quantitative estimate of drug-likeness (QED) is 0.841. The number of nitrogens with zero attached hydrogens (tertiary/aromatic N) is 1. The number of benzene rings is 1. The summed E-state index contributed by atoms with van der Waals surface area (Å²) in [6.07, 6.45) is 2.89. The van der Waals surface area contributed by atoms with Crippen molar-refractivity contribution in [1.29, 1.82) is 0 Å². The third-order valence-corrected chi connectivity index (χ3v) is 2.57. The molecule has 0 radical (unpaired) electrons. The SMILES string of the molecule is CCc1ccc(CNc2ccccn2)cc1. The normalized spacial score (nSPS) is 10.1. The van der Waals surface area contributed by atoms with Gasteiger partial charge in [0.2, 0.25) is 0 Å². The second-order valence-corrected chi connectivity index (χ2v) is 3.74. The first-order valence-corrected chi connectivity index (χ1v) is 5.61. The highest BCUT2D eigenvalue weighted by Crippen LogP contribution is 2.07. The van der Waals surface area contributed by atoms with E-state index < -0.39 is 0 Å². The van der Waals surface area contributed by atoms with Crippen molar-refractivity contribution >= 4 is 5.82 Å². The largest absolute Gasteiger partial charge is 0.366 e. The maximum absolute atomic E-state index is 4.22. The molecule has 0 fully saturated rings. The van der Waals surface area contributed by atoms with Crippen molar-refractivity contribution in [2.75, 3.05) is 5.32 Å². The fourth-order valence-corrected chi connectivity index (χ4v) is 1.55. The van der Waals surface area contributed by atoms with E-state index in [4.69, 9.17) is 0 Å². The number of anilines is 1. The van der Waals surface area contributed by atoms with Crippen molar-refractivity contribution in [2.24, 2.45) is 0 Å². The monoisotopic (exact) mass is 212 g/mol. The number of aryl methyl sites for hydroxylation is 1. The van der Waals surface area contributed by atoms with Crippen molar-refractivity contribution in [1.82, 2.24) is 4.98 Å². The molecule has 0 aliphatic rings. The van der Waals surface area contributed by atoms with Gasteiger partial charge in [-0.15, -0.1) is 0 Å². The Labute approximate surface area is 96.4 Å².